The van der Waals surface area contributed by atoms with Crippen molar-refractivity contribution in [2.45, 2.75) is 50.8 Å². The van der Waals surface area contributed by atoms with Crippen molar-refractivity contribution < 1.29 is 9.47 Å². The molecule has 1 heterocycles. The number of likely N-dealkylation sites (tertiary alicyclic amines) is 1. The van der Waals surface area contributed by atoms with Crippen LogP contribution < -0.4 is 20.1 Å². The first-order chi connectivity index (χ1) is 12.7. The fourth-order valence-electron chi connectivity index (χ4n) is 3.43. The molecular formula is C20H32N4O2. The zero-order valence-electron chi connectivity index (χ0n) is 16.2. The SMILES string of the molecule is CN=C(NCC(C)Oc1cccc(OC)c1)NC1CCN(C2CC2)CC1. The quantitative estimate of drug-likeness (QED) is 0.577. The van der Waals surface area contributed by atoms with E-state index in [4.69, 9.17) is 9.47 Å². The Morgan fingerprint density at radius 2 is 1.96 bits per heavy atom. The summed E-state index contributed by atoms with van der Waals surface area (Å²) in [6, 6.07) is 9.07. The molecular weight excluding hydrogens is 328 g/mol. The van der Waals surface area contributed by atoms with Crippen molar-refractivity contribution in [3.05, 3.63) is 24.3 Å². The van der Waals surface area contributed by atoms with Gasteiger partial charge in [-0.3, -0.25) is 4.99 Å². The highest BCUT2D eigenvalue weighted by molar-refractivity contribution is 5.80. The number of benzene rings is 1. The summed E-state index contributed by atoms with van der Waals surface area (Å²) in [4.78, 5) is 7.00. The van der Waals surface area contributed by atoms with Crippen LogP contribution >= 0.6 is 0 Å². The number of guanidine groups is 1. The number of hydrogen-bond acceptors (Lipinski definition) is 4. The van der Waals surface area contributed by atoms with Crippen LogP contribution in [0.5, 0.6) is 11.5 Å². The average molecular weight is 361 g/mol. The summed E-state index contributed by atoms with van der Waals surface area (Å²) in [6.07, 6.45) is 5.19. The molecule has 0 aromatic heterocycles. The maximum atomic E-state index is 5.96. The first-order valence-electron chi connectivity index (χ1n) is 9.70. The van der Waals surface area contributed by atoms with Crippen molar-refractivity contribution in [1.82, 2.24) is 15.5 Å². The zero-order valence-corrected chi connectivity index (χ0v) is 16.2. The lowest BCUT2D eigenvalue weighted by molar-refractivity contribution is 0.196. The van der Waals surface area contributed by atoms with Gasteiger partial charge in [0.05, 0.1) is 13.7 Å². The fraction of sp³-hybridized carbons (Fsp3) is 0.650. The van der Waals surface area contributed by atoms with Gasteiger partial charge in [0.2, 0.25) is 0 Å². The molecule has 0 bridgehead atoms. The highest BCUT2D eigenvalue weighted by Gasteiger charge is 2.31. The van der Waals surface area contributed by atoms with Gasteiger partial charge in [0, 0.05) is 38.3 Å². The van der Waals surface area contributed by atoms with Gasteiger partial charge in [-0.1, -0.05) is 6.07 Å². The van der Waals surface area contributed by atoms with Crippen molar-refractivity contribution >= 4 is 5.96 Å². The van der Waals surface area contributed by atoms with Gasteiger partial charge >= 0.3 is 0 Å². The number of aliphatic imine (C=N–C) groups is 1. The Bertz CT molecular complexity index is 595. The number of ether oxygens (including phenoxy) is 2. The molecule has 1 aromatic rings. The molecule has 0 amide bonds. The topological polar surface area (TPSA) is 58.1 Å². The summed E-state index contributed by atoms with van der Waals surface area (Å²) in [5, 5.41) is 6.94. The standard InChI is InChI=1S/C20H32N4O2/c1-15(26-19-6-4-5-18(13-19)25-3)14-22-20(21-2)23-16-9-11-24(12-10-16)17-7-8-17/h4-6,13,15-17H,7-12,14H2,1-3H3,(H2,21,22,23). The number of hydrogen-bond donors (Lipinski definition) is 2. The van der Waals surface area contributed by atoms with Crippen molar-refractivity contribution in [2.75, 3.05) is 33.8 Å². The molecule has 1 saturated heterocycles. The molecule has 2 aliphatic rings. The lowest BCUT2D eigenvalue weighted by Gasteiger charge is -2.33. The van der Waals surface area contributed by atoms with Gasteiger partial charge in [0.25, 0.3) is 0 Å². The van der Waals surface area contributed by atoms with Gasteiger partial charge in [-0.15, -0.1) is 0 Å². The van der Waals surface area contributed by atoms with Crippen LogP contribution in [0, 0.1) is 0 Å². The van der Waals surface area contributed by atoms with E-state index >= 15 is 0 Å². The molecule has 1 aliphatic heterocycles. The van der Waals surface area contributed by atoms with Crippen LogP contribution in [0.3, 0.4) is 0 Å². The fourth-order valence-corrected chi connectivity index (χ4v) is 3.43. The van der Waals surface area contributed by atoms with Gasteiger partial charge in [0.1, 0.15) is 17.6 Å². The Balaban J connectivity index is 1.39. The molecule has 2 fully saturated rings. The molecule has 144 valence electrons. The lowest BCUT2D eigenvalue weighted by Crippen LogP contribution is -2.50. The summed E-state index contributed by atoms with van der Waals surface area (Å²) in [6.45, 7) is 5.15. The van der Waals surface area contributed by atoms with E-state index in [0.29, 0.717) is 12.6 Å². The Morgan fingerprint density at radius 1 is 1.23 bits per heavy atom. The van der Waals surface area contributed by atoms with Crippen LogP contribution in [0.4, 0.5) is 0 Å². The predicted octanol–water partition coefficient (Wildman–Crippen LogP) is 2.25. The second-order valence-electron chi connectivity index (χ2n) is 7.25. The van der Waals surface area contributed by atoms with Crippen LogP contribution in [-0.2, 0) is 0 Å². The highest BCUT2D eigenvalue weighted by atomic mass is 16.5. The maximum Gasteiger partial charge on any atom is 0.191 e. The van der Waals surface area contributed by atoms with Crippen LogP contribution in [0.15, 0.2) is 29.3 Å². The van der Waals surface area contributed by atoms with Gasteiger partial charge in [0.15, 0.2) is 5.96 Å². The van der Waals surface area contributed by atoms with Crippen LogP contribution in [-0.4, -0.2) is 62.8 Å². The molecule has 1 unspecified atom stereocenters. The van der Waals surface area contributed by atoms with E-state index in [-0.39, 0.29) is 6.10 Å². The minimum absolute atomic E-state index is 0.0253. The Morgan fingerprint density at radius 3 is 2.62 bits per heavy atom. The zero-order chi connectivity index (χ0) is 18.4. The molecule has 2 N–H and O–H groups in total. The van der Waals surface area contributed by atoms with Crippen molar-refractivity contribution in [3.8, 4) is 11.5 Å². The third-order valence-corrected chi connectivity index (χ3v) is 5.09. The van der Waals surface area contributed by atoms with Crippen molar-refractivity contribution in [2.24, 2.45) is 4.99 Å². The van der Waals surface area contributed by atoms with Crippen LogP contribution in [0.2, 0.25) is 0 Å². The molecule has 1 aromatic carbocycles. The number of nitrogens with zero attached hydrogens (tertiary/aromatic N) is 2. The van der Waals surface area contributed by atoms with Gasteiger partial charge in [-0.05, 0) is 44.7 Å². The molecule has 3 rings (SSSR count). The summed E-state index contributed by atoms with van der Waals surface area (Å²) < 4.78 is 11.2. The number of methoxy groups -OCH3 is 1. The van der Waals surface area contributed by atoms with E-state index in [1.165, 1.54) is 38.8 Å². The van der Waals surface area contributed by atoms with E-state index in [1.54, 1.807) is 7.11 Å². The summed E-state index contributed by atoms with van der Waals surface area (Å²) in [5.41, 5.74) is 0. The molecule has 1 aliphatic carbocycles. The minimum Gasteiger partial charge on any atom is -0.497 e. The molecule has 0 spiro atoms. The summed E-state index contributed by atoms with van der Waals surface area (Å²) in [7, 11) is 3.48. The smallest absolute Gasteiger partial charge is 0.191 e. The molecule has 1 saturated carbocycles. The van der Waals surface area contributed by atoms with Crippen molar-refractivity contribution in [3.63, 3.8) is 0 Å². The summed E-state index contributed by atoms with van der Waals surface area (Å²) in [5.74, 6) is 2.47. The molecule has 6 heteroatoms. The van der Waals surface area contributed by atoms with Gasteiger partial charge in [-0.25, -0.2) is 0 Å². The van der Waals surface area contributed by atoms with Crippen LogP contribution in [0.1, 0.15) is 32.6 Å². The molecule has 1 atom stereocenters. The van der Waals surface area contributed by atoms with Gasteiger partial charge < -0.3 is 25.0 Å². The lowest BCUT2D eigenvalue weighted by atomic mass is 10.1. The van der Waals surface area contributed by atoms with E-state index in [9.17, 15) is 0 Å². The van der Waals surface area contributed by atoms with Crippen LogP contribution in [0.25, 0.3) is 0 Å². The third-order valence-electron chi connectivity index (χ3n) is 5.09. The van der Waals surface area contributed by atoms with Crippen molar-refractivity contribution in [1.29, 1.82) is 0 Å². The first kappa shape index (κ1) is 18.8. The highest BCUT2D eigenvalue weighted by Crippen LogP contribution is 2.29. The Labute approximate surface area is 157 Å². The predicted molar refractivity (Wildman–Crippen MR) is 105 cm³/mol. The summed E-state index contributed by atoms with van der Waals surface area (Å²) >= 11 is 0. The number of rotatable bonds is 7. The maximum absolute atomic E-state index is 5.96. The third kappa shape index (κ3) is 5.53. The van der Waals surface area contributed by atoms with Gasteiger partial charge in [-0.2, -0.15) is 0 Å². The Hall–Kier alpha value is -1.95. The van der Waals surface area contributed by atoms with E-state index in [2.05, 4.69) is 20.5 Å². The van der Waals surface area contributed by atoms with E-state index in [1.807, 2.05) is 38.2 Å². The molecule has 26 heavy (non-hydrogen) atoms. The Kier molecular flexibility index (Phi) is 6.61. The molecule has 6 nitrogen and oxygen atoms in total. The second-order valence-corrected chi connectivity index (χ2v) is 7.25. The van der Waals surface area contributed by atoms with E-state index in [0.717, 1.165) is 23.5 Å². The average Bonchev–Trinajstić information content (AvgIpc) is 3.51. The molecule has 0 radical (unpaired) electrons. The monoisotopic (exact) mass is 360 g/mol. The normalized spacial score (nSPS) is 20.5. The number of nitrogens with one attached hydrogen (secondary N) is 2. The first-order valence-corrected chi connectivity index (χ1v) is 9.70. The second kappa shape index (κ2) is 9.12. The largest absolute Gasteiger partial charge is 0.497 e. The van der Waals surface area contributed by atoms with E-state index < -0.39 is 0 Å². The minimum atomic E-state index is 0.0253. The number of piperidine rings is 1.